The minimum absolute atomic E-state index is 0.00477. The molecule has 0 aromatic rings. The number of aldehydes is 1. The van der Waals surface area contributed by atoms with Crippen LogP contribution in [0, 0.1) is 0 Å². The maximum Gasteiger partial charge on any atom is 0.157 e. The molecule has 8 heteroatoms. The Kier molecular flexibility index (Phi) is 9.50. The van der Waals surface area contributed by atoms with Crippen molar-refractivity contribution in [2.45, 2.75) is 20.3 Å². The Morgan fingerprint density at radius 2 is 2.20 bits per heavy atom. The molecule has 7 nitrogen and oxygen atoms in total. The fraction of sp³-hybridized carbons (Fsp3) is 0.364. The number of rotatable bonds is 9. The van der Waals surface area contributed by atoms with Crippen LogP contribution in [0.3, 0.4) is 0 Å². The standard InChI is InChI=1S/C22H30N4O3S/c1-16(14-23)26(3)22-21(25-17(2)24-8-9-27)13-19(15-30-22)18-6-4-5-7-20(12-18)29-11-10-28/h4-5,7,10,12-14,27H,6,8-9,11,15,23H2,1-3H3,(H,24,25)/b16-14-. The van der Waals surface area contributed by atoms with Crippen LogP contribution in [0.25, 0.3) is 0 Å². The van der Waals surface area contributed by atoms with Crippen molar-refractivity contribution < 1.29 is 14.6 Å². The summed E-state index contributed by atoms with van der Waals surface area (Å²) in [6.45, 7) is 4.22. The van der Waals surface area contributed by atoms with Gasteiger partial charge in [-0.05, 0) is 49.6 Å². The van der Waals surface area contributed by atoms with Crippen molar-refractivity contribution in [3.63, 3.8) is 0 Å². The van der Waals surface area contributed by atoms with Gasteiger partial charge in [-0.15, -0.1) is 11.8 Å². The smallest absolute Gasteiger partial charge is 0.157 e. The van der Waals surface area contributed by atoms with E-state index in [9.17, 15) is 4.79 Å². The molecule has 30 heavy (non-hydrogen) atoms. The summed E-state index contributed by atoms with van der Waals surface area (Å²) in [6, 6.07) is 0. The molecule has 0 unspecified atom stereocenters. The van der Waals surface area contributed by atoms with Gasteiger partial charge in [0.15, 0.2) is 6.29 Å². The van der Waals surface area contributed by atoms with E-state index in [1.165, 1.54) is 0 Å². The molecule has 0 saturated heterocycles. The molecule has 4 N–H and O–H groups in total. The van der Waals surface area contributed by atoms with Crippen LogP contribution in [0.15, 0.2) is 74.9 Å². The number of aliphatic hydroxyl groups excluding tert-OH is 1. The van der Waals surface area contributed by atoms with Crippen molar-refractivity contribution in [1.82, 2.24) is 10.2 Å². The van der Waals surface area contributed by atoms with Gasteiger partial charge in [0.25, 0.3) is 0 Å². The molecular weight excluding hydrogens is 400 g/mol. The van der Waals surface area contributed by atoms with E-state index in [-0.39, 0.29) is 13.2 Å². The third-order valence-corrected chi connectivity index (χ3v) is 5.76. The van der Waals surface area contributed by atoms with Crippen molar-refractivity contribution in [3.05, 3.63) is 69.9 Å². The second-order valence-electron chi connectivity index (χ2n) is 6.71. The van der Waals surface area contributed by atoms with Crippen molar-refractivity contribution in [2.75, 3.05) is 32.6 Å². The number of aliphatic imine (C=N–C) groups is 1. The zero-order chi connectivity index (χ0) is 21.9. The molecular formula is C22H30N4O3S. The van der Waals surface area contributed by atoms with Gasteiger partial charge in [0, 0.05) is 24.7 Å². The normalized spacial score (nSPS) is 17.7. The highest BCUT2D eigenvalue weighted by atomic mass is 32.2. The molecule has 0 radical (unpaired) electrons. The van der Waals surface area contributed by atoms with Gasteiger partial charge in [0.1, 0.15) is 12.4 Å². The van der Waals surface area contributed by atoms with Crippen LogP contribution in [0.2, 0.25) is 0 Å². The summed E-state index contributed by atoms with van der Waals surface area (Å²) in [5, 5.41) is 13.5. The fourth-order valence-corrected chi connectivity index (χ4v) is 4.02. The Morgan fingerprint density at radius 3 is 2.90 bits per heavy atom. The van der Waals surface area contributed by atoms with Crippen molar-refractivity contribution in [2.24, 2.45) is 10.7 Å². The molecule has 0 spiro atoms. The molecule has 0 amide bonds. The molecule has 0 atom stereocenters. The topological polar surface area (TPSA) is 100 Å². The number of ether oxygens (including phenoxy) is 1. The molecule has 0 saturated carbocycles. The maximum atomic E-state index is 10.7. The van der Waals surface area contributed by atoms with Crippen LogP contribution < -0.4 is 11.1 Å². The number of carbonyl (C=O) groups is 1. The number of nitrogens with zero attached hydrogens (tertiary/aromatic N) is 2. The molecule has 0 fully saturated rings. The van der Waals surface area contributed by atoms with Gasteiger partial charge < -0.3 is 25.8 Å². The average molecular weight is 431 g/mol. The Morgan fingerprint density at radius 1 is 1.40 bits per heavy atom. The first kappa shape index (κ1) is 23.6. The van der Waals surface area contributed by atoms with Crippen LogP contribution >= 0.6 is 11.8 Å². The summed E-state index contributed by atoms with van der Waals surface area (Å²) < 4.78 is 5.51. The highest BCUT2D eigenvalue weighted by Gasteiger charge is 2.21. The quantitative estimate of drug-likeness (QED) is 0.294. The Labute approximate surface area is 182 Å². The molecule has 1 aliphatic carbocycles. The van der Waals surface area contributed by atoms with Gasteiger partial charge in [-0.3, -0.25) is 9.79 Å². The zero-order valence-electron chi connectivity index (χ0n) is 17.7. The Bertz CT molecular complexity index is 850. The maximum absolute atomic E-state index is 10.7. The SMILES string of the molecule is CC(=NCCO)NC1=C(N(C)/C(C)=C\N)SCC(C2=CC(OCC=O)=CC=CC2)=C1. The number of thioether (sulfide) groups is 1. The summed E-state index contributed by atoms with van der Waals surface area (Å²) in [5.74, 6) is 2.18. The largest absolute Gasteiger partial charge is 0.486 e. The lowest BCUT2D eigenvalue weighted by Gasteiger charge is -2.29. The van der Waals surface area contributed by atoms with Crippen LogP contribution in [0.4, 0.5) is 0 Å². The first-order chi connectivity index (χ1) is 14.5. The lowest BCUT2D eigenvalue weighted by molar-refractivity contribution is -0.110. The third kappa shape index (κ3) is 6.67. The monoisotopic (exact) mass is 430 g/mol. The van der Waals surface area contributed by atoms with Gasteiger partial charge in [0.05, 0.1) is 29.7 Å². The Hall–Kier alpha value is -2.71. The van der Waals surface area contributed by atoms with E-state index in [0.29, 0.717) is 12.3 Å². The van der Waals surface area contributed by atoms with Crippen LogP contribution in [0.5, 0.6) is 0 Å². The highest BCUT2D eigenvalue weighted by Crippen LogP contribution is 2.35. The summed E-state index contributed by atoms with van der Waals surface area (Å²) in [7, 11) is 1.98. The summed E-state index contributed by atoms with van der Waals surface area (Å²) in [5.41, 5.74) is 9.86. The van der Waals surface area contributed by atoms with Crippen LogP contribution in [-0.4, -0.2) is 54.7 Å². The number of allylic oxidation sites excluding steroid dienone is 7. The third-order valence-electron chi connectivity index (χ3n) is 4.53. The van der Waals surface area contributed by atoms with Crippen molar-refractivity contribution in [1.29, 1.82) is 0 Å². The minimum Gasteiger partial charge on any atom is -0.486 e. The van der Waals surface area contributed by atoms with E-state index >= 15 is 0 Å². The molecule has 0 aromatic heterocycles. The van der Waals surface area contributed by atoms with Gasteiger partial charge in [-0.1, -0.05) is 12.2 Å². The lowest BCUT2D eigenvalue weighted by Crippen LogP contribution is -2.27. The van der Waals surface area contributed by atoms with E-state index in [1.54, 1.807) is 18.0 Å². The molecule has 2 rings (SSSR count). The first-order valence-corrected chi connectivity index (χ1v) is 10.7. The minimum atomic E-state index is 0.00477. The van der Waals surface area contributed by atoms with Crippen molar-refractivity contribution in [3.8, 4) is 0 Å². The van der Waals surface area contributed by atoms with E-state index < -0.39 is 0 Å². The number of hydrogen-bond donors (Lipinski definition) is 3. The molecule has 0 aromatic carbocycles. The van der Waals surface area contributed by atoms with E-state index in [2.05, 4.69) is 22.5 Å². The molecule has 0 bridgehead atoms. The summed E-state index contributed by atoms with van der Waals surface area (Å²) in [6.07, 6.45) is 13.1. The average Bonchev–Trinajstić information content (AvgIpc) is 3.01. The number of nitrogens with one attached hydrogen (secondary N) is 1. The predicted octanol–water partition coefficient (Wildman–Crippen LogP) is 2.57. The number of amidine groups is 1. The molecule has 162 valence electrons. The van der Waals surface area contributed by atoms with Crippen molar-refractivity contribution >= 4 is 23.9 Å². The molecule has 1 heterocycles. The zero-order valence-corrected chi connectivity index (χ0v) is 18.5. The number of hydrogen-bond acceptors (Lipinski definition) is 7. The number of nitrogens with two attached hydrogens (primary N) is 1. The highest BCUT2D eigenvalue weighted by molar-refractivity contribution is 8.03. The van der Waals surface area contributed by atoms with E-state index in [4.69, 9.17) is 15.6 Å². The van der Waals surface area contributed by atoms with Crippen LogP contribution in [-0.2, 0) is 9.53 Å². The van der Waals surface area contributed by atoms with Gasteiger partial charge in [0.2, 0.25) is 0 Å². The summed E-state index contributed by atoms with van der Waals surface area (Å²) >= 11 is 1.71. The van der Waals surface area contributed by atoms with E-state index in [0.717, 1.165) is 51.9 Å². The lowest BCUT2D eigenvalue weighted by atomic mass is 10.0. The summed E-state index contributed by atoms with van der Waals surface area (Å²) in [4.78, 5) is 17.0. The second-order valence-corrected chi connectivity index (χ2v) is 7.67. The van der Waals surface area contributed by atoms with Gasteiger partial charge in [-0.25, -0.2) is 0 Å². The fourth-order valence-electron chi connectivity index (χ4n) is 2.86. The number of aliphatic hydroxyl groups is 1. The second kappa shape index (κ2) is 12.1. The Balaban J connectivity index is 2.40. The predicted molar refractivity (Wildman–Crippen MR) is 123 cm³/mol. The molecule has 2 aliphatic rings. The van der Waals surface area contributed by atoms with Gasteiger partial charge >= 0.3 is 0 Å². The first-order valence-electron chi connectivity index (χ1n) is 9.73. The van der Waals surface area contributed by atoms with E-state index in [1.807, 2.05) is 44.0 Å². The molecule has 1 aliphatic heterocycles. The van der Waals surface area contributed by atoms with Gasteiger partial charge in [-0.2, -0.15) is 0 Å². The number of carbonyl (C=O) groups excluding carboxylic acids is 1. The van der Waals surface area contributed by atoms with Crippen LogP contribution in [0.1, 0.15) is 20.3 Å².